The molecule has 4 aromatic rings. The predicted molar refractivity (Wildman–Crippen MR) is 127 cm³/mol. The minimum Gasteiger partial charge on any atom is -0.481 e. The van der Waals surface area contributed by atoms with E-state index < -0.39 is 17.7 Å². The van der Waals surface area contributed by atoms with Gasteiger partial charge in [0.1, 0.15) is 17.1 Å². The number of hydrogen-bond donors (Lipinski definition) is 2. The number of H-pyrrole nitrogens is 1. The van der Waals surface area contributed by atoms with Crippen molar-refractivity contribution in [3.63, 3.8) is 0 Å². The molecule has 8 heteroatoms. The predicted octanol–water partition coefficient (Wildman–Crippen LogP) is 5.69. The summed E-state index contributed by atoms with van der Waals surface area (Å²) in [5, 5.41) is 11.7. The van der Waals surface area contributed by atoms with Gasteiger partial charge in [-0.25, -0.2) is 19.3 Å². The number of aromatic nitrogens is 5. The molecule has 0 radical (unpaired) electrons. The van der Waals surface area contributed by atoms with Gasteiger partial charge in [0.05, 0.1) is 18.2 Å². The van der Waals surface area contributed by atoms with E-state index in [1.807, 2.05) is 6.20 Å². The van der Waals surface area contributed by atoms with E-state index in [2.05, 4.69) is 39.6 Å². The third-order valence-electron chi connectivity index (χ3n) is 7.91. The van der Waals surface area contributed by atoms with Crippen molar-refractivity contribution in [2.45, 2.75) is 57.9 Å². The van der Waals surface area contributed by atoms with E-state index in [-0.39, 0.29) is 12.0 Å². The molecule has 0 saturated heterocycles. The van der Waals surface area contributed by atoms with Gasteiger partial charge in [-0.15, -0.1) is 0 Å². The number of aromatic amines is 1. The van der Waals surface area contributed by atoms with Crippen molar-refractivity contribution in [2.75, 3.05) is 0 Å². The molecule has 2 N–H and O–H groups in total. The number of halogens is 1. The van der Waals surface area contributed by atoms with E-state index in [9.17, 15) is 14.3 Å². The van der Waals surface area contributed by atoms with Crippen molar-refractivity contribution < 1.29 is 14.3 Å². The Balaban J connectivity index is 1.55. The minimum atomic E-state index is -0.720. The van der Waals surface area contributed by atoms with Gasteiger partial charge in [-0.2, -0.15) is 0 Å². The number of fused-ring (bicyclic) bond motifs is 4. The summed E-state index contributed by atoms with van der Waals surface area (Å²) in [6.45, 7) is 4.26. The fourth-order valence-electron chi connectivity index (χ4n) is 6.39. The molecule has 0 aliphatic heterocycles. The molecule has 4 atom stereocenters. The Bertz CT molecular complexity index is 1410. The second-order valence-electron chi connectivity index (χ2n) is 10.3. The van der Waals surface area contributed by atoms with Crippen LogP contribution in [0.2, 0.25) is 0 Å². The fourth-order valence-corrected chi connectivity index (χ4v) is 6.39. The highest BCUT2D eigenvalue weighted by Crippen LogP contribution is 2.50. The largest absolute Gasteiger partial charge is 0.481 e. The smallest absolute Gasteiger partial charge is 0.308 e. The molecule has 2 aliphatic carbocycles. The van der Waals surface area contributed by atoms with Crippen LogP contribution in [0.1, 0.15) is 63.5 Å². The van der Waals surface area contributed by atoms with Crippen molar-refractivity contribution in [1.29, 1.82) is 0 Å². The summed E-state index contributed by atoms with van der Waals surface area (Å²) in [4.78, 5) is 29.2. The lowest BCUT2D eigenvalue weighted by Gasteiger charge is -2.44. The lowest BCUT2D eigenvalue weighted by molar-refractivity contribution is -0.147. The molecule has 6 rings (SSSR count). The van der Waals surface area contributed by atoms with E-state index in [1.165, 1.54) is 12.3 Å². The first-order valence-electron chi connectivity index (χ1n) is 12.1. The Labute approximate surface area is 196 Å². The molecule has 0 aromatic carbocycles. The van der Waals surface area contributed by atoms with Gasteiger partial charge < -0.3 is 14.7 Å². The Morgan fingerprint density at radius 2 is 2.06 bits per heavy atom. The summed E-state index contributed by atoms with van der Waals surface area (Å²) >= 11 is 0. The molecule has 2 fully saturated rings. The number of rotatable bonds is 4. The van der Waals surface area contributed by atoms with E-state index in [4.69, 9.17) is 4.98 Å². The van der Waals surface area contributed by atoms with Crippen LogP contribution in [0, 0.1) is 23.6 Å². The number of nitrogens with one attached hydrogen (secondary N) is 1. The summed E-state index contributed by atoms with van der Waals surface area (Å²) < 4.78 is 16.1. The van der Waals surface area contributed by atoms with Crippen LogP contribution >= 0.6 is 0 Å². The van der Waals surface area contributed by atoms with Crippen LogP contribution in [0.25, 0.3) is 33.5 Å². The van der Waals surface area contributed by atoms with Crippen LogP contribution in [-0.2, 0) is 4.79 Å². The highest BCUT2D eigenvalue weighted by atomic mass is 19.1. The average Bonchev–Trinajstić information content (AvgIpc) is 3.40. The van der Waals surface area contributed by atoms with Gasteiger partial charge in [-0.1, -0.05) is 26.7 Å². The number of carbonyl (C=O) groups is 1. The molecule has 4 aromatic heterocycles. The molecule has 0 amide bonds. The average molecular weight is 462 g/mol. The molecule has 34 heavy (non-hydrogen) atoms. The van der Waals surface area contributed by atoms with Gasteiger partial charge >= 0.3 is 5.97 Å². The third kappa shape index (κ3) is 3.30. The molecule has 2 unspecified atom stereocenters. The second kappa shape index (κ2) is 7.89. The number of carboxylic acid groups (broad SMARTS) is 1. The number of aliphatic carboxylic acids is 1. The Morgan fingerprint density at radius 3 is 2.85 bits per heavy atom. The van der Waals surface area contributed by atoms with Crippen LogP contribution in [0.15, 0.2) is 30.9 Å². The SMILES string of the molecule is CC(C)c1cn([C@@H]2C3CCCC(C3)C[C@H]2C(=O)O)c2nc(-c3c[nH]c4ncc(F)cc34)ncc12. The third-order valence-corrected chi connectivity index (χ3v) is 7.91. The summed E-state index contributed by atoms with van der Waals surface area (Å²) in [5.41, 5.74) is 3.13. The Morgan fingerprint density at radius 1 is 1.21 bits per heavy atom. The molecular weight excluding hydrogens is 433 g/mol. The lowest BCUT2D eigenvalue weighted by atomic mass is 9.65. The van der Waals surface area contributed by atoms with Crippen LogP contribution in [0.3, 0.4) is 0 Å². The first kappa shape index (κ1) is 21.3. The molecule has 176 valence electrons. The summed E-state index contributed by atoms with van der Waals surface area (Å²) in [5.74, 6) is -0.0133. The van der Waals surface area contributed by atoms with Crippen LogP contribution in [0.4, 0.5) is 4.39 Å². The van der Waals surface area contributed by atoms with E-state index in [0.29, 0.717) is 34.3 Å². The Kier molecular flexibility index (Phi) is 4.93. The summed E-state index contributed by atoms with van der Waals surface area (Å²) in [7, 11) is 0. The van der Waals surface area contributed by atoms with Gasteiger partial charge in [0.25, 0.3) is 0 Å². The van der Waals surface area contributed by atoms with E-state index >= 15 is 0 Å². The number of nitrogens with zero attached hydrogens (tertiary/aromatic N) is 4. The molecule has 0 spiro atoms. The second-order valence-corrected chi connectivity index (χ2v) is 10.3. The fraction of sp³-hybridized carbons (Fsp3) is 0.462. The highest BCUT2D eigenvalue weighted by Gasteiger charge is 2.44. The van der Waals surface area contributed by atoms with Crippen molar-refractivity contribution in [3.8, 4) is 11.4 Å². The van der Waals surface area contributed by atoms with Crippen LogP contribution < -0.4 is 0 Å². The minimum absolute atomic E-state index is 0.131. The molecule has 2 bridgehead atoms. The van der Waals surface area contributed by atoms with Crippen molar-refractivity contribution in [2.24, 2.45) is 17.8 Å². The van der Waals surface area contributed by atoms with Crippen LogP contribution in [0.5, 0.6) is 0 Å². The van der Waals surface area contributed by atoms with Gasteiger partial charge in [-0.3, -0.25) is 4.79 Å². The maximum atomic E-state index is 13.9. The first-order chi connectivity index (χ1) is 16.4. The quantitative estimate of drug-likeness (QED) is 0.407. The van der Waals surface area contributed by atoms with E-state index in [1.54, 1.807) is 6.20 Å². The highest BCUT2D eigenvalue weighted by molar-refractivity contribution is 5.93. The van der Waals surface area contributed by atoms with Crippen molar-refractivity contribution in [1.82, 2.24) is 24.5 Å². The standard InChI is InChI=1S/C26H28FN5O2/c1-13(2)21-12-32(22-15-5-3-4-14(6-15)7-18(22)26(33)34)25-20(21)11-30-24(31-25)19-10-29-23-17(19)8-16(27)9-28-23/h8-15,18,22H,3-7H2,1-2H3,(H,28,29)(H,33,34)/t14?,15?,18-,22-/m1/s1. The number of hydrogen-bond acceptors (Lipinski definition) is 4. The topological polar surface area (TPSA) is 96.7 Å². The zero-order chi connectivity index (χ0) is 23.6. The Hall–Kier alpha value is -3.29. The zero-order valence-electron chi connectivity index (χ0n) is 19.3. The lowest BCUT2D eigenvalue weighted by Crippen LogP contribution is -2.40. The zero-order valence-corrected chi connectivity index (χ0v) is 19.3. The molecule has 2 saturated carbocycles. The number of carboxylic acids is 1. The molecule has 4 heterocycles. The maximum Gasteiger partial charge on any atom is 0.308 e. The van der Waals surface area contributed by atoms with Gasteiger partial charge in [-0.05, 0) is 48.6 Å². The normalized spacial score (nSPS) is 24.8. The molecule has 7 nitrogen and oxygen atoms in total. The monoisotopic (exact) mass is 461 g/mol. The van der Waals surface area contributed by atoms with Crippen LogP contribution in [-0.4, -0.2) is 35.6 Å². The van der Waals surface area contributed by atoms with Crippen molar-refractivity contribution in [3.05, 3.63) is 42.2 Å². The van der Waals surface area contributed by atoms with Crippen molar-refractivity contribution >= 4 is 28.0 Å². The molecule has 2 aliphatic rings. The molecular formula is C26H28FN5O2. The summed E-state index contributed by atoms with van der Waals surface area (Å²) in [6.07, 6.45) is 12.0. The maximum absolute atomic E-state index is 13.9. The number of pyridine rings is 1. The first-order valence-corrected chi connectivity index (χ1v) is 12.1. The van der Waals surface area contributed by atoms with Gasteiger partial charge in [0.15, 0.2) is 5.82 Å². The van der Waals surface area contributed by atoms with Gasteiger partial charge in [0, 0.05) is 34.9 Å². The van der Waals surface area contributed by atoms with Gasteiger partial charge in [0.2, 0.25) is 0 Å². The van der Waals surface area contributed by atoms with E-state index in [0.717, 1.165) is 48.7 Å². The summed E-state index contributed by atoms with van der Waals surface area (Å²) in [6, 6.07) is 1.30.